The van der Waals surface area contributed by atoms with Crippen molar-refractivity contribution >= 4 is 64.4 Å². The van der Waals surface area contributed by atoms with Crippen LogP contribution < -0.4 is 30.3 Å². The molecular weight excluding hydrogens is 632 g/mol. The number of amides is 5. The number of imide groups is 1. The first kappa shape index (κ1) is 33.5. The molecule has 1 aliphatic rings. The molecule has 1 heterocycles. The van der Waals surface area contributed by atoms with Crippen LogP contribution in [0.1, 0.15) is 29.3 Å². The maximum Gasteiger partial charge on any atom is 0.272 e. The molecule has 0 bridgehead atoms. The van der Waals surface area contributed by atoms with Crippen LogP contribution in [0, 0.1) is 0 Å². The largest absolute Gasteiger partial charge is 0.497 e. The fourth-order valence-corrected chi connectivity index (χ4v) is 5.95. The maximum absolute atomic E-state index is 13.5. The summed E-state index contributed by atoms with van der Waals surface area (Å²) < 4.78 is 10.8. The zero-order valence-electron chi connectivity index (χ0n) is 26.3. The summed E-state index contributed by atoms with van der Waals surface area (Å²) in [6, 6.07) is 26.9. The van der Waals surface area contributed by atoms with Gasteiger partial charge in [0.15, 0.2) is 0 Å². The minimum atomic E-state index is -0.631. The fraction of sp³-hybridized carbons (Fsp3) is 0.139. The number of hydrogen-bond acceptors (Lipinski definition) is 8. The summed E-state index contributed by atoms with van der Waals surface area (Å²) in [5.74, 6) is -0.935. The Balaban J connectivity index is 1.30. The Bertz CT molecular complexity index is 1880. The first-order valence-corrected chi connectivity index (χ1v) is 15.7. The van der Waals surface area contributed by atoms with Crippen molar-refractivity contribution in [3.05, 3.63) is 114 Å². The van der Waals surface area contributed by atoms with E-state index in [0.717, 1.165) is 9.80 Å². The quantitative estimate of drug-likeness (QED) is 0.141. The Hall–Kier alpha value is -5.88. The normalized spacial score (nSPS) is 14.4. The highest BCUT2D eigenvalue weighted by Crippen LogP contribution is 2.35. The minimum absolute atomic E-state index is 0.0262. The zero-order chi connectivity index (χ0) is 34.2. The standard InChI is InChI=1S/C36H32N4O7S/c1-22(41)37-25-9-13-27(14-10-25)40-33(42)21-32(36(40)45)48-29-16-11-26(12-17-29)38-35(44)30(39-34(43)23-7-5-4-6-8-23)20-24-19-28(46-2)15-18-31(24)47-3/h4-20,32H,21H2,1-3H3,(H,37,41)(H,38,44)(H,39,43)/b30-20-. The second-order valence-corrected chi connectivity index (χ2v) is 11.8. The number of rotatable bonds is 11. The van der Waals surface area contributed by atoms with Crippen LogP contribution in [0.15, 0.2) is 108 Å². The Morgan fingerprint density at radius 1 is 0.833 bits per heavy atom. The molecule has 4 aromatic carbocycles. The van der Waals surface area contributed by atoms with Crippen molar-refractivity contribution in [2.45, 2.75) is 23.5 Å². The number of carbonyl (C=O) groups excluding carboxylic acids is 5. The second kappa shape index (κ2) is 15.1. The first-order valence-electron chi connectivity index (χ1n) is 14.8. The third kappa shape index (κ3) is 8.09. The minimum Gasteiger partial charge on any atom is -0.497 e. The number of nitrogens with zero attached hydrogens (tertiary/aromatic N) is 1. The van der Waals surface area contributed by atoms with Crippen molar-refractivity contribution in [3.8, 4) is 11.5 Å². The molecule has 1 atom stereocenters. The Kier molecular flexibility index (Phi) is 10.6. The van der Waals surface area contributed by atoms with E-state index in [4.69, 9.17) is 9.47 Å². The van der Waals surface area contributed by atoms with Gasteiger partial charge < -0.3 is 25.4 Å². The fourth-order valence-electron chi connectivity index (χ4n) is 4.89. The molecule has 244 valence electrons. The van der Waals surface area contributed by atoms with Gasteiger partial charge in [0, 0.05) is 40.7 Å². The molecule has 48 heavy (non-hydrogen) atoms. The van der Waals surface area contributed by atoms with E-state index in [1.807, 2.05) is 0 Å². The molecule has 1 aliphatic heterocycles. The number of nitrogens with one attached hydrogen (secondary N) is 3. The predicted octanol–water partition coefficient (Wildman–Crippen LogP) is 5.50. The van der Waals surface area contributed by atoms with Crippen molar-refractivity contribution in [2.75, 3.05) is 29.8 Å². The number of hydrogen-bond donors (Lipinski definition) is 3. The molecule has 4 aromatic rings. The number of thioether (sulfide) groups is 1. The number of ether oxygens (including phenoxy) is 2. The summed E-state index contributed by atoms with van der Waals surface area (Å²) in [6.45, 7) is 1.39. The predicted molar refractivity (Wildman–Crippen MR) is 184 cm³/mol. The summed E-state index contributed by atoms with van der Waals surface area (Å²) in [7, 11) is 3.02. The molecule has 1 unspecified atom stereocenters. The summed E-state index contributed by atoms with van der Waals surface area (Å²) in [5, 5.41) is 7.54. The lowest BCUT2D eigenvalue weighted by Crippen LogP contribution is -2.31. The summed E-state index contributed by atoms with van der Waals surface area (Å²) in [5.41, 5.74) is 2.27. The van der Waals surface area contributed by atoms with Crippen molar-refractivity contribution in [1.29, 1.82) is 0 Å². The van der Waals surface area contributed by atoms with E-state index in [9.17, 15) is 24.0 Å². The van der Waals surface area contributed by atoms with Crippen molar-refractivity contribution < 1.29 is 33.4 Å². The van der Waals surface area contributed by atoms with E-state index in [2.05, 4.69) is 16.0 Å². The lowest BCUT2D eigenvalue weighted by molar-refractivity contribution is -0.121. The van der Waals surface area contributed by atoms with Gasteiger partial charge in [-0.2, -0.15) is 0 Å². The van der Waals surface area contributed by atoms with E-state index in [0.29, 0.717) is 39.7 Å². The van der Waals surface area contributed by atoms with Crippen molar-refractivity contribution in [2.24, 2.45) is 0 Å². The molecule has 0 spiro atoms. The van der Waals surface area contributed by atoms with Crippen LogP contribution >= 0.6 is 11.8 Å². The van der Waals surface area contributed by atoms with Crippen molar-refractivity contribution in [1.82, 2.24) is 5.32 Å². The topological polar surface area (TPSA) is 143 Å². The molecule has 5 amide bonds. The van der Waals surface area contributed by atoms with Gasteiger partial charge in [0.25, 0.3) is 11.8 Å². The molecule has 12 heteroatoms. The maximum atomic E-state index is 13.5. The van der Waals surface area contributed by atoms with Gasteiger partial charge in [-0.05, 0) is 84.9 Å². The molecule has 5 rings (SSSR count). The van der Waals surface area contributed by atoms with Crippen LogP contribution in [-0.4, -0.2) is 49.0 Å². The summed E-state index contributed by atoms with van der Waals surface area (Å²) >= 11 is 1.25. The lowest BCUT2D eigenvalue weighted by Gasteiger charge is -2.16. The zero-order valence-corrected chi connectivity index (χ0v) is 27.1. The van der Waals surface area contributed by atoms with Crippen LogP contribution in [0.2, 0.25) is 0 Å². The molecule has 0 radical (unpaired) electrons. The molecule has 11 nitrogen and oxygen atoms in total. The molecule has 0 aliphatic carbocycles. The summed E-state index contributed by atoms with van der Waals surface area (Å²) in [6.07, 6.45) is 1.53. The van der Waals surface area contributed by atoms with Crippen LogP contribution in [0.5, 0.6) is 11.5 Å². The molecule has 0 saturated carbocycles. The average Bonchev–Trinajstić information content (AvgIpc) is 3.37. The molecule has 0 aromatic heterocycles. The number of anilines is 3. The first-order chi connectivity index (χ1) is 23.1. The smallest absolute Gasteiger partial charge is 0.272 e. The van der Waals surface area contributed by atoms with Crippen LogP contribution in [0.3, 0.4) is 0 Å². The van der Waals surface area contributed by atoms with Gasteiger partial charge in [-0.15, -0.1) is 11.8 Å². The molecular formula is C36H32N4O7S. The van der Waals surface area contributed by atoms with Gasteiger partial charge in [-0.25, -0.2) is 4.90 Å². The van der Waals surface area contributed by atoms with Crippen LogP contribution in [-0.2, 0) is 19.2 Å². The molecule has 3 N–H and O–H groups in total. The van der Waals surface area contributed by atoms with E-state index in [1.165, 1.54) is 39.0 Å². The summed E-state index contributed by atoms with van der Waals surface area (Å²) in [4.78, 5) is 65.7. The Morgan fingerprint density at radius 2 is 1.50 bits per heavy atom. The van der Waals surface area contributed by atoms with E-state index < -0.39 is 17.1 Å². The Morgan fingerprint density at radius 3 is 2.15 bits per heavy atom. The van der Waals surface area contributed by atoms with E-state index in [-0.39, 0.29) is 29.8 Å². The number of methoxy groups -OCH3 is 2. The highest BCUT2D eigenvalue weighted by molar-refractivity contribution is 8.00. The molecule has 1 saturated heterocycles. The lowest BCUT2D eigenvalue weighted by atomic mass is 10.1. The van der Waals surface area contributed by atoms with Gasteiger partial charge in [0.2, 0.25) is 17.7 Å². The highest BCUT2D eigenvalue weighted by Gasteiger charge is 2.40. The van der Waals surface area contributed by atoms with E-state index >= 15 is 0 Å². The average molecular weight is 665 g/mol. The molecule has 1 fully saturated rings. The highest BCUT2D eigenvalue weighted by atomic mass is 32.2. The van der Waals surface area contributed by atoms with Gasteiger partial charge >= 0.3 is 0 Å². The third-order valence-corrected chi connectivity index (χ3v) is 8.40. The third-order valence-electron chi connectivity index (χ3n) is 7.21. The van der Waals surface area contributed by atoms with Gasteiger partial charge in [0.1, 0.15) is 17.2 Å². The van der Waals surface area contributed by atoms with Gasteiger partial charge in [0.05, 0.1) is 25.2 Å². The number of benzene rings is 4. The van der Waals surface area contributed by atoms with Crippen LogP contribution in [0.4, 0.5) is 17.1 Å². The van der Waals surface area contributed by atoms with Crippen LogP contribution in [0.25, 0.3) is 6.08 Å². The van der Waals surface area contributed by atoms with E-state index in [1.54, 1.807) is 97.1 Å². The van der Waals surface area contributed by atoms with Gasteiger partial charge in [-0.3, -0.25) is 24.0 Å². The van der Waals surface area contributed by atoms with Crippen molar-refractivity contribution in [3.63, 3.8) is 0 Å². The Labute approximate surface area is 281 Å². The number of carbonyl (C=O) groups is 5. The monoisotopic (exact) mass is 664 g/mol. The SMILES string of the molecule is COc1ccc(OC)c(/C=C(\NC(=O)c2ccccc2)C(=O)Nc2ccc(SC3CC(=O)N(c4ccc(NC(C)=O)cc4)C3=O)cc2)c1. The second-order valence-electron chi connectivity index (χ2n) is 10.6. The van der Waals surface area contributed by atoms with Gasteiger partial charge in [-0.1, -0.05) is 18.2 Å².